The van der Waals surface area contributed by atoms with Gasteiger partial charge in [-0.1, -0.05) is 12.1 Å². The van der Waals surface area contributed by atoms with Crippen LogP contribution < -0.4 is 16.5 Å². The Labute approximate surface area is 140 Å². The van der Waals surface area contributed by atoms with E-state index in [2.05, 4.69) is 10.6 Å². The number of hydrazine groups is 1. The number of amides is 3. The molecule has 2 aliphatic rings. The summed E-state index contributed by atoms with van der Waals surface area (Å²) in [6.07, 6.45) is 4.28. The van der Waals surface area contributed by atoms with Gasteiger partial charge in [0.1, 0.15) is 12.4 Å². The van der Waals surface area contributed by atoms with Crippen molar-refractivity contribution in [1.82, 2.24) is 15.6 Å². The monoisotopic (exact) mass is 334 g/mol. The number of aryl methyl sites for hydroxylation is 1. The smallest absolute Gasteiger partial charge is 0.332 e. The molecule has 2 fully saturated rings. The summed E-state index contributed by atoms with van der Waals surface area (Å²) in [5.41, 5.74) is 1.13. The van der Waals surface area contributed by atoms with Crippen LogP contribution in [0.1, 0.15) is 36.8 Å². The number of hydrogen-bond acceptors (Lipinski definition) is 3. The van der Waals surface area contributed by atoms with Crippen molar-refractivity contribution in [1.29, 1.82) is 0 Å². The van der Waals surface area contributed by atoms with Gasteiger partial charge < -0.3 is 10.6 Å². The highest BCUT2D eigenvalue weighted by Gasteiger charge is 2.55. The van der Waals surface area contributed by atoms with E-state index in [4.69, 9.17) is 5.84 Å². The maximum absolute atomic E-state index is 13.5. The highest BCUT2D eigenvalue weighted by molar-refractivity contribution is 5.84. The molecule has 0 aliphatic heterocycles. The normalized spacial score (nSPS) is 18.0. The zero-order valence-electron chi connectivity index (χ0n) is 13.8. The van der Waals surface area contributed by atoms with Gasteiger partial charge in [-0.15, -0.1) is 0 Å². The quantitative estimate of drug-likeness (QED) is 0.419. The molecule has 1 aromatic rings. The third-order valence-electron chi connectivity index (χ3n) is 4.80. The third-order valence-corrected chi connectivity index (χ3v) is 4.80. The third kappa shape index (κ3) is 3.84. The molecule has 1 aromatic carbocycles. The molecule has 130 valence electrons. The van der Waals surface area contributed by atoms with Gasteiger partial charge in [0, 0.05) is 12.1 Å². The summed E-state index contributed by atoms with van der Waals surface area (Å²) >= 11 is 0. The molecule has 2 saturated carbocycles. The first-order chi connectivity index (χ1) is 11.4. The second-order valence-corrected chi connectivity index (χ2v) is 6.85. The summed E-state index contributed by atoms with van der Waals surface area (Å²) in [6.45, 7) is 1.63. The fourth-order valence-corrected chi connectivity index (χ4v) is 2.92. The summed E-state index contributed by atoms with van der Waals surface area (Å²) in [7, 11) is 0. The summed E-state index contributed by atoms with van der Waals surface area (Å²) < 4.78 is 13.5. The maximum Gasteiger partial charge on any atom is 0.332 e. The Morgan fingerprint density at radius 3 is 2.67 bits per heavy atom. The van der Waals surface area contributed by atoms with Gasteiger partial charge in [-0.25, -0.2) is 15.0 Å². The van der Waals surface area contributed by atoms with E-state index in [9.17, 15) is 14.0 Å². The molecule has 7 heteroatoms. The second-order valence-electron chi connectivity index (χ2n) is 6.85. The van der Waals surface area contributed by atoms with Gasteiger partial charge in [-0.2, -0.15) is 0 Å². The van der Waals surface area contributed by atoms with Gasteiger partial charge in [0.25, 0.3) is 0 Å². The van der Waals surface area contributed by atoms with E-state index in [0.717, 1.165) is 30.7 Å². The SMILES string of the molecule is Cc1ccc(CNC(=O)CN(N)C(=O)NC2(C3CC3)CC2)cc1F. The molecule has 0 bridgehead atoms. The second kappa shape index (κ2) is 6.39. The van der Waals surface area contributed by atoms with Gasteiger partial charge in [-0.05, 0) is 55.7 Å². The number of nitrogens with zero attached hydrogens (tertiary/aromatic N) is 1. The number of hydrogen-bond donors (Lipinski definition) is 3. The fourth-order valence-electron chi connectivity index (χ4n) is 2.92. The van der Waals surface area contributed by atoms with Crippen LogP contribution in [0, 0.1) is 18.7 Å². The van der Waals surface area contributed by atoms with Gasteiger partial charge >= 0.3 is 6.03 Å². The van der Waals surface area contributed by atoms with Crippen LogP contribution in [0.3, 0.4) is 0 Å². The van der Waals surface area contributed by atoms with Crippen molar-refractivity contribution < 1.29 is 14.0 Å². The van der Waals surface area contributed by atoms with Crippen molar-refractivity contribution in [2.24, 2.45) is 11.8 Å². The number of rotatable bonds is 6. The van der Waals surface area contributed by atoms with Crippen LogP contribution in [0.4, 0.5) is 9.18 Å². The van der Waals surface area contributed by atoms with Crippen molar-refractivity contribution in [3.05, 3.63) is 35.1 Å². The van der Waals surface area contributed by atoms with Gasteiger partial charge in [0.2, 0.25) is 5.91 Å². The first-order valence-corrected chi connectivity index (χ1v) is 8.26. The van der Waals surface area contributed by atoms with E-state index in [-0.39, 0.29) is 30.4 Å². The minimum absolute atomic E-state index is 0.0788. The van der Waals surface area contributed by atoms with Gasteiger partial charge in [-0.3, -0.25) is 9.80 Å². The minimum Gasteiger partial charge on any atom is -0.350 e. The van der Waals surface area contributed by atoms with Crippen molar-refractivity contribution in [2.75, 3.05) is 6.54 Å². The first-order valence-electron chi connectivity index (χ1n) is 8.26. The first kappa shape index (κ1) is 16.7. The molecule has 24 heavy (non-hydrogen) atoms. The molecule has 6 nitrogen and oxygen atoms in total. The number of carbonyl (C=O) groups is 2. The molecule has 3 rings (SSSR count). The minimum atomic E-state index is -0.420. The van der Waals surface area contributed by atoms with E-state index < -0.39 is 6.03 Å². The Hall–Kier alpha value is -2.15. The average Bonchev–Trinajstić information content (AvgIpc) is 3.41. The molecule has 0 unspecified atom stereocenters. The topological polar surface area (TPSA) is 87.5 Å². The Morgan fingerprint density at radius 2 is 2.08 bits per heavy atom. The molecule has 0 saturated heterocycles. The van der Waals surface area contributed by atoms with E-state index >= 15 is 0 Å². The molecule has 2 aliphatic carbocycles. The van der Waals surface area contributed by atoms with Crippen LogP contribution in [0.25, 0.3) is 0 Å². The van der Waals surface area contributed by atoms with Crippen LogP contribution in [-0.2, 0) is 11.3 Å². The van der Waals surface area contributed by atoms with E-state index in [0.29, 0.717) is 17.0 Å². The van der Waals surface area contributed by atoms with E-state index in [1.54, 1.807) is 19.1 Å². The highest BCUT2D eigenvalue weighted by Crippen LogP contribution is 2.53. The summed E-state index contributed by atoms with van der Waals surface area (Å²) in [5, 5.41) is 6.49. The molecular weight excluding hydrogens is 311 g/mol. The Kier molecular flexibility index (Phi) is 4.45. The van der Waals surface area contributed by atoms with Crippen LogP contribution in [0.2, 0.25) is 0 Å². The lowest BCUT2D eigenvalue weighted by Crippen LogP contribution is -2.53. The van der Waals surface area contributed by atoms with Crippen LogP contribution in [-0.4, -0.2) is 29.0 Å². The molecular formula is C17H23FN4O2. The van der Waals surface area contributed by atoms with Gasteiger partial charge in [0.15, 0.2) is 0 Å². The van der Waals surface area contributed by atoms with E-state index in [1.165, 1.54) is 6.07 Å². The zero-order valence-corrected chi connectivity index (χ0v) is 13.8. The van der Waals surface area contributed by atoms with Crippen molar-refractivity contribution in [2.45, 2.75) is 44.7 Å². The predicted molar refractivity (Wildman–Crippen MR) is 87.1 cm³/mol. The summed E-state index contributed by atoms with van der Waals surface area (Å²) in [4.78, 5) is 24.0. The lowest BCUT2D eigenvalue weighted by Gasteiger charge is -2.22. The average molecular weight is 334 g/mol. The predicted octanol–water partition coefficient (Wildman–Crippen LogP) is 1.58. The highest BCUT2D eigenvalue weighted by atomic mass is 19.1. The lowest BCUT2D eigenvalue weighted by molar-refractivity contribution is -0.121. The van der Waals surface area contributed by atoms with Crippen LogP contribution >= 0.6 is 0 Å². The number of carbonyl (C=O) groups excluding carboxylic acids is 2. The largest absolute Gasteiger partial charge is 0.350 e. The molecule has 0 heterocycles. The van der Waals surface area contributed by atoms with Crippen molar-refractivity contribution in [3.63, 3.8) is 0 Å². The van der Waals surface area contributed by atoms with Gasteiger partial charge in [0.05, 0.1) is 0 Å². The van der Waals surface area contributed by atoms with Crippen LogP contribution in [0.15, 0.2) is 18.2 Å². The number of nitrogens with two attached hydrogens (primary N) is 1. The van der Waals surface area contributed by atoms with Crippen molar-refractivity contribution >= 4 is 11.9 Å². The number of halogens is 1. The Morgan fingerprint density at radius 1 is 1.38 bits per heavy atom. The molecule has 0 spiro atoms. The lowest BCUT2D eigenvalue weighted by atomic mass is 10.1. The molecule has 0 aromatic heterocycles. The molecule has 4 N–H and O–H groups in total. The summed E-state index contributed by atoms with van der Waals surface area (Å²) in [5.74, 6) is 5.56. The summed E-state index contributed by atoms with van der Waals surface area (Å²) in [6, 6.07) is 4.37. The number of nitrogens with one attached hydrogen (secondary N) is 2. The van der Waals surface area contributed by atoms with E-state index in [1.807, 2.05) is 0 Å². The molecule has 0 radical (unpaired) electrons. The Bertz CT molecular complexity index is 656. The number of benzene rings is 1. The Balaban J connectivity index is 1.43. The molecule has 0 atom stereocenters. The molecule has 3 amide bonds. The van der Waals surface area contributed by atoms with Crippen molar-refractivity contribution in [3.8, 4) is 0 Å². The fraction of sp³-hybridized carbons (Fsp3) is 0.529. The zero-order chi connectivity index (χ0) is 17.3. The maximum atomic E-state index is 13.5. The van der Waals surface area contributed by atoms with Crippen LogP contribution in [0.5, 0.6) is 0 Å². The standard InChI is InChI=1S/C17H23FN4O2/c1-11-2-3-12(8-14(11)18)9-20-15(23)10-22(19)16(24)21-17(6-7-17)13-4-5-13/h2-3,8,13H,4-7,9-10,19H2,1H3,(H,20,23)(H,21,24). The number of urea groups is 1.